The number of esters is 2. The Kier molecular flexibility index (Phi) is 27.3. The molecule has 6 aliphatic rings. The summed E-state index contributed by atoms with van der Waals surface area (Å²) in [4.78, 5) is 83.8. The van der Waals surface area contributed by atoms with Gasteiger partial charge < -0.3 is 63.8 Å². The molecule has 0 unspecified atom stereocenters. The number of aliphatic carboxylic acids is 1. The topological polar surface area (TPSA) is 295 Å². The number of carboxylic acid groups (broad SMARTS) is 1. The van der Waals surface area contributed by atoms with E-state index in [1.807, 2.05) is 53.1 Å². The average Bonchev–Trinajstić information content (AvgIpc) is 1.59. The second-order valence-corrected chi connectivity index (χ2v) is 33.9. The van der Waals surface area contributed by atoms with Crippen LogP contribution in [0.3, 0.4) is 0 Å². The van der Waals surface area contributed by atoms with E-state index in [1.165, 1.54) is 47.5 Å². The third-order valence-electron chi connectivity index (χ3n) is 22.5. The van der Waals surface area contributed by atoms with Crippen molar-refractivity contribution in [2.75, 3.05) is 125 Å². The number of carboxylic acids is 1. The van der Waals surface area contributed by atoms with Crippen LogP contribution in [0.5, 0.6) is 11.5 Å². The molecule has 4 saturated heterocycles. The van der Waals surface area contributed by atoms with Crippen molar-refractivity contribution in [2.45, 2.75) is 128 Å². The number of nitrogens with zero attached hydrogens (tertiary/aromatic N) is 8. The maximum absolute atomic E-state index is 16.7. The van der Waals surface area contributed by atoms with Crippen LogP contribution in [0.2, 0.25) is 0 Å². The fraction of sp³-hybridized carbons (Fsp3) is 0.419. The van der Waals surface area contributed by atoms with Gasteiger partial charge in [-0.15, -0.1) is 13.2 Å². The number of carbonyl (C=O) groups excluding carboxylic acids is 5. The fourth-order valence-electron chi connectivity index (χ4n) is 16.9. The van der Waals surface area contributed by atoms with Crippen molar-refractivity contribution < 1.29 is 78.4 Å². The number of methoxy groups -OCH3 is 2. The number of nitrogens with two attached hydrogens (primary N) is 1. The van der Waals surface area contributed by atoms with Crippen molar-refractivity contribution in [3.05, 3.63) is 180 Å². The molecule has 6 fully saturated rings. The Bertz CT molecular complexity index is 5210. The zero-order chi connectivity index (χ0) is 81.8. The molecule has 4 N–H and O–H groups in total. The fourth-order valence-corrected chi connectivity index (χ4v) is 18.5. The van der Waals surface area contributed by atoms with E-state index in [9.17, 15) is 50.7 Å². The van der Waals surface area contributed by atoms with Gasteiger partial charge in [0.2, 0.25) is 37.8 Å². The van der Waals surface area contributed by atoms with Crippen LogP contribution >= 0.6 is 0 Å². The number of sulfonamides is 2. The van der Waals surface area contributed by atoms with Gasteiger partial charge in [0.15, 0.2) is 0 Å². The van der Waals surface area contributed by atoms with Crippen molar-refractivity contribution in [3.8, 4) is 34.0 Å². The molecule has 4 aliphatic heterocycles. The van der Waals surface area contributed by atoms with Crippen molar-refractivity contribution in [1.82, 2.24) is 23.1 Å². The van der Waals surface area contributed by atoms with E-state index in [0.29, 0.717) is 124 Å². The first kappa shape index (κ1) is 84.0. The van der Waals surface area contributed by atoms with E-state index in [2.05, 4.69) is 28.3 Å². The summed E-state index contributed by atoms with van der Waals surface area (Å²) in [6.45, 7) is 12.0. The van der Waals surface area contributed by atoms with E-state index in [-0.39, 0.29) is 72.7 Å². The lowest BCUT2D eigenvalue weighted by Gasteiger charge is -2.36. The number of carbonyl (C=O) groups is 6. The molecule has 0 radical (unpaired) electrons. The van der Waals surface area contributed by atoms with E-state index in [1.54, 1.807) is 75.0 Å². The van der Waals surface area contributed by atoms with Crippen LogP contribution in [0.4, 0.5) is 31.5 Å². The van der Waals surface area contributed by atoms with Gasteiger partial charge >= 0.3 is 17.9 Å². The monoisotopic (exact) mass is 1620 g/mol. The van der Waals surface area contributed by atoms with Crippen LogP contribution in [-0.2, 0) is 75.0 Å². The Labute approximate surface area is 670 Å². The second kappa shape index (κ2) is 37.4. The maximum Gasteiger partial charge on any atom is 0.337 e. The number of amides is 3. The van der Waals surface area contributed by atoms with Crippen LogP contribution < -0.4 is 40.1 Å². The molecule has 6 aromatic carbocycles. The van der Waals surface area contributed by atoms with Crippen LogP contribution in [0.15, 0.2) is 135 Å². The predicted octanol–water partition coefficient (Wildman–Crippen LogP) is 12.7. The van der Waals surface area contributed by atoms with Crippen molar-refractivity contribution >= 4 is 100 Å². The predicted molar refractivity (Wildman–Crippen MR) is 441 cm³/mol. The third kappa shape index (κ3) is 19.4. The highest BCUT2D eigenvalue weighted by Gasteiger charge is 2.35. The summed E-state index contributed by atoms with van der Waals surface area (Å²) in [5.74, 6) is -2.68. The first-order chi connectivity index (χ1) is 55.3. The van der Waals surface area contributed by atoms with Gasteiger partial charge in [-0.3, -0.25) is 19.2 Å². The quantitative estimate of drug-likeness (QED) is 0.0354. The lowest BCUT2D eigenvalue weighted by molar-refractivity contribution is -0.137. The van der Waals surface area contributed by atoms with Gasteiger partial charge in [0.1, 0.15) is 49.4 Å². The molecule has 14 rings (SSSR count). The lowest BCUT2D eigenvalue weighted by Crippen LogP contribution is -2.48. The minimum atomic E-state index is -3.32. The van der Waals surface area contributed by atoms with Crippen LogP contribution in [0, 0.1) is 11.6 Å². The molecule has 6 heterocycles. The van der Waals surface area contributed by atoms with E-state index in [4.69, 9.17) is 24.7 Å². The molecule has 115 heavy (non-hydrogen) atoms. The largest absolute Gasteiger partial charge is 0.489 e. The van der Waals surface area contributed by atoms with Crippen LogP contribution in [-0.4, -0.2) is 181 Å². The van der Waals surface area contributed by atoms with E-state index < -0.39 is 56.1 Å². The molecular formula is C86H102F2N10O15S2. The Hall–Kier alpha value is -10.5. The molecule has 0 spiro atoms. The maximum atomic E-state index is 16.7. The summed E-state index contributed by atoms with van der Waals surface area (Å²) in [5, 5.41) is 14.5. The second-order valence-electron chi connectivity index (χ2n) is 29.9. The summed E-state index contributed by atoms with van der Waals surface area (Å²) in [6, 6.07) is 31.3. The number of halogens is 2. The zero-order valence-corrected chi connectivity index (χ0v) is 67.4. The minimum absolute atomic E-state index is 0.0449. The number of rotatable bonds is 25. The molecule has 25 nitrogen and oxygen atoms in total. The van der Waals surface area contributed by atoms with E-state index >= 15 is 8.78 Å². The van der Waals surface area contributed by atoms with Gasteiger partial charge in [-0.25, -0.2) is 35.2 Å². The molecule has 0 atom stereocenters. The van der Waals surface area contributed by atoms with Gasteiger partial charge in [0.25, 0.3) is 0 Å². The molecule has 29 heteroatoms. The standard InChI is InChI=1S/C43H50FN5O7S.C40H45FN4O8S.C3H7N/c1-4-18-45-39(50)27-49-38-25-30(43(52)55-2)12-15-35(38)41(29-9-6-5-7-10-29)42(49)34-16-14-33(26-36(34)44)56-28-31-24-32(48-19-8-11-40(48)51)13-17-37(31)46-20-22-47(23-21-46)57(3,53)54;1-52-40(49)27-10-13-32-35(22-27)45(24-37(47)48)39(38(32)26-7-4-3-5-8-26)31-14-12-30(23-33(31)41)53-25-28-21-29(44-16-6-9-36(44)46)11-15-34(28)42-17-19-43(20-18-42)54(2,50)51;1-2-3-4/h4,12-17,24-26,29H,1,5-11,18-23,27-28H2,2-3H3,(H,45,50);10-15,21-23,26H,3-9,16-20,24-25H2,1-2H3,(H,47,48);2H,1,3-4H2. The van der Waals surface area contributed by atoms with Gasteiger partial charge in [0.05, 0.1) is 60.3 Å². The summed E-state index contributed by atoms with van der Waals surface area (Å²) >= 11 is 0. The molecule has 0 bridgehead atoms. The number of benzene rings is 6. The van der Waals surface area contributed by atoms with Crippen molar-refractivity contribution in [1.29, 1.82) is 0 Å². The number of hydrogen-bond donors (Lipinski definition) is 3. The number of aromatic nitrogens is 2. The Morgan fingerprint density at radius 2 is 0.939 bits per heavy atom. The van der Waals surface area contributed by atoms with Gasteiger partial charge in [-0.05, 0) is 146 Å². The molecular weight excluding hydrogens is 1520 g/mol. The number of nitrogens with one attached hydrogen (secondary N) is 1. The summed E-state index contributed by atoms with van der Waals surface area (Å²) < 4.78 is 111. The normalized spacial score (nSPS) is 16.8. The van der Waals surface area contributed by atoms with Crippen molar-refractivity contribution in [2.24, 2.45) is 5.73 Å². The van der Waals surface area contributed by atoms with Crippen LogP contribution in [0.25, 0.3) is 44.3 Å². The molecule has 8 aromatic rings. The highest BCUT2D eigenvalue weighted by atomic mass is 32.2. The zero-order valence-electron chi connectivity index (χ0n) is 65.7. The van der Waals surface area contributed by atoms with Crippen LogP contribution in [0.1, 0.15) is 145 Å². The minimum Gasteiger partial charge on any atom is -0.489 e. The van der Waals surface area contributed by atoms with Gasteiger partial charge in [-0.1, -0.05) is 62.8 Å². The third-order valence-corrected chi connectivity index (χ3v) is 25.1. The molecule has 612 valence electrons. The summed E-state index contributed by atoms with van der Waals surface area (Å²) in [6.07, 6.45) is 18.1. The highest BCUT2D eigenvalue weighted by Crippen LogP contribution is 2.48. The highest BCUT2D eigenvalue weighted by molar-refractivity contribution is 7.88. The first-order valence-electron chi connectivity index (χ1n) is 39.3. The summed E-state index contributed by atoms with van der Waals surface area (Å²) in [5.41, 5.74) is 14.9. The lowest BCUT2D eigenvalue weighted by atomic mass is 9.81. The Morgan fingerprint density at radius 1 is 0.530 bits per heavy atom. The number of ether oxygens (including phenoxy) is 4. The molecule has 2 aliphatic carbocycles. The smallest absolute Gasteiger partial charge is 0.337 e. The number of hydrogen-bond acceptors (Lipinski definition) is 17. The first-order valence-corrected chi connectivity index (χ1v) is 43.0. The number of anilines is 4. The molecule has 2 saturated carbocycles. The Morgan fingerprint density at radius 3 is 1.29 bits per heavy atom. The Balaban J connectivity index is 0.000000203. The SMILES string of the molecule is C=CCN.C=CCNC(=O)Cn1c(-c2ccc(OCc3cc(N4CCCC4=O)ccc3N3CCN(S(C)(=O)=O)CC3)cc2F)c(C2CCCCC2)c2ccc(C(=O)OC)cc21.COC(=O)c1ccc2c(C3CCCCC3)c(-c3ccc(OCc4cc(N5CCCC5=O)ccc4N4CCN(S(C)(=O)=O)CC4)cc3F)n(CC(=O)O)c2c1. The molecule has 2 aromatic heterocycles. The summed E-state index contributed by atoms with van der Waals surface area (Å²) in [7, 11) is -4.03. The molecule has 3 amide bonds. The number of fused-ring (bicyclic) bond motifs is 2. The number of piperazine rings is 2. The average molecular weight is 1620 g/mol. The van der Waals surface area contributed by atoms with Crippen molar-refractivity contribution in [3.63, 3.8) is 0 Å². The van der Waals surface area contributed by atoms with E-state index in [0.717, 1.165) is 133 Å². The van der Waals surface area contributed by atoms with Gasteiger partial charge in [0, 0.05) is 159 Å². The van der Waals surface area contributed by atoms with Gasteiger partial charge in [-0.2, -0.15) is 8.61 Å².